The minimum atomic E-state index is -1.47. The van der Waals surface area contributed by atoms with Gasteiger partial charge in [0.15, 0.2) is 17.5 Å². The minimum Gasteiger partial charge on any atom is -0.464 e. The van der Waals surface area contributed by atoms with Gasteiger partial charge in [-0.3, -0.25) is 0 Å². The van der Waals surface area contributed by atoms with Gasteiger partial charge in [0, 0.05) is 17.8 Å². The second-order valence-corrected chi connectivity index (χ2v) is 4.07. The highest BCUT2D eigenvalue weighted by Crippen LogP contribution is 2.23. The Bertz CT molecular complexity index is 542. The monoisotopic (exact) mass is 255 g/mol. The van der Waals surface area contributed by atoms with Gasteiger partial charge in [-0.15, -0.1) is 0 Å². The Balaban J connectivity index is 2.19. The molecule has 0 saturated heterocycles. The molecule has 5 heteroatoms. The zero-order valence-corrected chi connectivity index (χ0v) is 9.93. The molecule has 1 unspecified atom stereocenters. The molecule has 0 fully saturated rings. The fourth-order valence-electron chi connectivity index (χ4n) is 1.65. The van der Waals surface area contributed by atoms with Crippen LogP contribution < -0.4 is 5.32 Å². The quantitative estimate of drug-likeness (QED) is 0.832. The largest absolute Gasteiger partial charge is 0.464 e. The Hall–Kier alpha value is -1.91. The third-order valence-corrected chi connectivity index (χ3v) is 2.55. The molecule has 0 aliphatic rings. The maximum Gasteiger partial charge on any atom is 0.194 e. The molecule has 96 valence electrons. The van der Waals surface area contributed by atoms with Crippen LogP contribution in [-0.2, 0) is 0 Å². The number of benzene rings is 1. The number of aryl methyl sites for hydroxylation is 1. The van der Waals surface area contributed by atoms with Crippen molar-refractivity contribution in [1.29, 1.82) is 0 Å². The van der Waals surface area contributed by atoms with Gasteiger partial charge in [0.05, 0.1) is 6.04 Å². The highest BCUT2D eigenvalue weighted by Gasteiger charge is 2.14. The molecule has 0 radical (unpaired) electrons. The van der Waals surface area contributed by atoms with Crippen molar-refractivity contribution in [2.75, 3.05) is 5.32 Å². The number of rotatable bonds is 3. The molecule has 0 amide bonds. The van der Waals surface area contributed by atoms with Gasteiger partial charge in [0.1, 0.15) is 11.5 Å². The Kier molecular flexibility index (Phi) is 3.32. The van der Waals surface area contributed by atoms with Crippen LogP contribution in [0.3, 0.4) is 0 Å². The maximum absolute atomic E-state index is 13.0. The van der Waals surface area contributed by atoms with Crippen molar-refractivity contribution in [3.63, 3.8) is 0 Å². The Labute approximate surface area is 102 Å². The first kappa shape index (κ1) is 12.5. The molecule has 1 atom stereocenters. The molecule has 1 aromatic heterocycles. The fourth-order valence-corrected chi connectivity index (χ4v) is 1.65. The number of anilines is 1. The SMILES string of the molecule is Cc1ccc(C(C)Nc2cc(F)c(F)c(F)c2)o1. The van der Waals surface area contributed by atoms with Crippen molar-refractivity contribution < 1.29 is 17.6 Å². The van der Waals surface area contributed by atoms with Crippen molar-refractivity contribution in [2.45, 2.75) is 19.9 Å². The van der Waals surface area contributed by atoms with E-state index in [-0.39, 0.29) is 11.7 Å². The van der Waals surface area contributed by atoms with Gasteiger partial charge in [-0.25, -0.2) is 13.2 Å². The summed E-state index contributed by atoms with van der Waals surface area (Å²) >= 11 is 0. The normalized spacial score (nSPS) is 12.5. The van der Waals surface area contributed by atoms with Crippen molar-refractivity contribution in [3.05, 3.63) is 53.2 Å². The number of hydrogen-bond donors (Lipinski definition) is 1. The van der Waals surface area contributed by atoms with Gasteiger partial charge in [-0.2, -0.15) is 0 Å². The molecular weight excluding hydrogens is 243 g/mol. The van der Waals surface area contributed by atoms with Crippen molar-refractivity contribution in [2.24, 2.45) is 0 Å². The third kappa shape index (κ3) is 2.50. The molecule has 2 nitrogen and oxygen atoms in total. The van der Waals surface area contributed by atoms with Crippen LogP contribution in [0.1, 0.15) is 24.5 Å². The Morgan fingerprint density at radius 3 is 2.22 bits per heavy atom. The van der Waals surface area contributed by atoms with Gasteiger partial charge in [0.2, 0.25) is 0 Å². The predicted octanol–water partition coefficient (Wildman–Crippen LogP) is 4.18. The molecule has 1 aromatic carbocycles. The Morgan fingerprint density at radius 1 is 1.11 bits per heavy atom. The van der Waals surface area contributed by atoms with Crippen LogP contribution in [0.4, 0.5) is 18.9 Å². The van der Waals surface area contributed by atoms with E-state index in [2.05, 4.69) is 5.32 Å². The van der Waals surface area contributed by atoms with Crippen LogP contribution in [0.5, 0.6) is 0 Å². The van der Waals surface area contributed by atoms with Gasteiger partial charge in [-0.1, -0.05) is 0 Å². The number of nitrogens with one attached hydrogen (secondary N) is 1. The van der Waals surface area contributed by atoms with Crippen LogP contribution >= 0.6 is 0 Å². The van der Waals surface area contributed by atoms with E-state index in [0.717, 1.165) is 17.9 Å². The van der Waals surface area contributed by atoms with E-state index in [1.165, 1.54) is 0 Å². The lowest BCUT2D eigenvalue weighted by molar-refractivity contribution is 0.446. The summed E-state index contributed by atoms with van der Waals surface area (Å²) in [6.45, 7) is 3.57. The van der Waals surface area contributed by atoms with Crippen LogP contribution in [-0.4, -0.2) is 0 Å². The lowest BCUT2D eigenvalue weighted by Gasteiger charge is -2.13. The lowest BCUT2D eigenvalue weighted by Crippen LogP contribution is -2.07. The molecule has 1 heterocycles. The topological polar surface area (TPSA) is 25.2 Å². The maximum atomic E-state index is 13.0. The molecule has 2 rings (SSSR count). The summed E-state index contributed by atoms with van der Waals surface area (Å²) in [5.74, 6) is -2.53. The van der Waals surface area contributed by atoms with Crippen molar-refractivity contribution in [1.82, 2.24) is 0 Å². The number of halogens is 3. The van der Waals surface area contributed by atoms with Crippen LogP contribution in [0, 0.1) is 24.4 Å². The molecule has 2 aromatic rings. The molecule has 0 spiro atoms. The predicted molar refractivity (Wildman–Crippen MR) is 61.8 cm³/mol. The summed E-state index contributed by atoms with van der Waals surface area (Å²) in [7, 11) is 0. The average Bonchev–Trinajstić information content (AvgIpc) is 2.72. The summed E-state index contributed by atoms with van der Waals surface area (Å²) in [6, 6.07) is 5.10. The van der Waals surface area contributed by atoms with E-state index in [9.17, 15) is 13.2 Å². The van der Waals surface area contributed by atoms with Crippen LogP contribution in [0.15, 0.2) is 28.7 Å². The smallest absolute Gasteiger partial charge is 0.194 e. The first-order valence-electron chi connectivity index (χ1n) is 5.45. The number of hydrogen-bond acceptors (Lipinski definition) is 2. The summed E-state index contributed by atoms with van der Waals surface area (Å²) < 4.78 is 44.2. The van der Waals surface area contributed by atoms with Gasteiger partial charge in [0.25, 0.3) is 0 Å². The first-order valence-corrected chi connectivity index (χ1v) is 5.45. The fraction of sp³-hybridized carbons (Fsp3) is 0.231. The summed E-state index contributed by atoms with van der Waals surface area (Å²) in [6.07, 6.45) is 0. The molecular formula is C13H12F3NO. The number of furan rings is 1. The van der Waals surface area contributed by atoms with E-state index in [4.69, 9.17) is 4.42 Å². The highest BCUT2D eigenvalue weighted by molar-refractivity contribution is 5.45. The zero-order chi connectivity index (χ0) is 13.3. The molecule has 0 saturated carbocycles. The van der Waals surface area contributed by atoms with Crippen LogP contribution in [0.2, 0.25) is 0 Å². The van der Waals surface area contributed by atoms with Gasteiger partial charge >= 0.3 is 0 Å². The molecule has 1 N–H and O–H groups in total. The molecule has 18 heavy (non-hydrogen) atoms. The second-order valence-electron chi connectivity index (χ2n) is 4.07. The van der Waals surface area contributed by atoms with E-state index in [0.29, 0.717) is 5.76 Å². The highest BCUT2D eigenvalue weighted by atomic mass is 19.2. The van der Waals surface area contributed by atoms with Crippen LogP contribution in [0.25, 0.3) is 0 Å². The lowest BCUT2D eigenvalue weighted by atomic mass is 10.2. The van der Waals surface area contributed by atoms with E-state index in [1.807, 2.05) is 0 Å². The summed E-state index contributed by atoms with van der Waals surface area (Å²) in [5.41, 5.74) is 0.160. The van der Waals surface area contributed by atoms with E-state index < -0.39 is 17.5 Å². The average molecular weight is 255 g/mol. The van der Waals surface area contributed by atoms with Gasteiger partial charge in [-0.05, 0) is 26.0 Å². The van der Waals surface area contributed by atoms with E-state index >= 15 is 0 Å². The minimum absolute atomic E-state index is 0.160. The third-order valence-electron chi connectivity index (χ3n) is 2.55. The summed E-state index contributed by atoms with van der Waals surface area (Å²) in [4.78, 5) is 0. The van der Waals surface area contributed by atoms with Crippen molar-refractivity contribution in [3.8, 4) is 0 Å². The first-order chi connectivity index (χ1) is 8.47. The van der Waals surface area contributed by atoms with Gasteiger partial charge < -0.3 is 9.73 Å². The zero-order valence-electron chi connectivity index (χ0n) is 9.93. The Morgan fingerprint density at radius 2 is 1.72 bits per heavy atom. The van der Waals surface area contributed by atoms with Crippen molar-refractivity contribution >= 4 is 5.69 Å². The molecule has 0 bridgehead atoms. The standard InChI is InChI=1S/C13H12F3NO/c1-7-3-4-12(18-7)8(2)17-9-5-10(14)13(16)11(15)6-9/h3-6,8,17H,1-2H3. The molecule has 0 aliphatic carbocycles. The van der Waals surface area contributed by atoms with E-state index in [1.54, 1.807) is 26.0 Å². The summed E-state index contributed by atoms with van der Waals surface area (Å²) in [5, 5.41) is 2.84. The second kappa shape index (κ2) is 4.76. The molecule has 0 aliphatic heterocycles.